The number of hydrogen-bond acceptors (Lipinski definition) is 8. The van der Waals surface area contributed by atoms with Gasteiger partial charge in [0.1, 0.15) is 17.0 Å². The Morgan fingerprint density at radius 2 is 1.64 bits per heavy atom. The minimum absolute atomic E-state index is 0.0117. The number of aromatic nitrogens is 1. The lowest BCUT2D eigenvalue weighted by Gasteiger charge is -2.36. The van der Waals surface area contributed by atoms with Crippen molar-refractivity contribution >= 4 is 29.9 Å². The number of carbonyl (C=O) groups excluding carboxylic acids is 4. The van der Waals surface area contributed by atoms with E-state index in [0.717, 1.165) is 4.90 Å². The van der Waals surface area contributed by atoms with Crippen LogP contribution in [0.1, 0.15) is 60.5 Å². The maximum atomic E-state index is 12.8. The molecule has 2 rings (SSSR count). The van der Waals surface area contributed by atoms with Crippen LogP contribution in [0, 0.1) is 5.92 Å². The average molecular weight is 464 g/mol. The normalized spacial score (nSPS) is 18.0. The molecule has 0 radical (unpaired) electrons. The number of carbonyl (C=O) groups is 4. The van der Waals surface area contributed by atoms with E-state index in [9.17, 15) is 19.2 Å². The third kappa shape index (κ3) is 7.73. The van der Waals surface area contributed by atoms with Crippen LogP contribution in [0.4, 0.5) is 15.4 Å². The molecule has 1 aromatic heterocycles. The Morgan fingerprint density at radius 3 is 2.12 bits per heavy atom. The zero-order valence-electron chi connectivity index (χ0n) is 20.3. The topological polar surface area (TPSA) is 124 Å². The van der Waals surface area contributed by atoms with E-state index in [1.165, 1.54) is 12.3 Å². The zero-order chi connectivity index (χ0) is 25.0. The zero-order valence-corrected chi connectivity index (χ0v) is 20.3. The lowest BCUT2D eigenvalue weighted by atomic mass is 9.83. The van der Waals surface area contributed by atoms with Crippen molar-refractivity contribution in [3.05, 3.63) is 23.9 Å². The van der Waals surface area contributed by atoms with Crippen LogP contribution in [0.3, 0.4) is 0 Å². The van der Waals surface area contributed by atoms with Crippen molar-refractivity contribution in [1.29, 1.82) is 0 Å². The fourth-order valence-electron chi connectivity index (χ4n) is 3.15. The summed E-state index contributed by atoms with van der Waals surface area (Å²) in [7, 11) is 0. The largest absolute Gasteiger partial charge is 0.466 e. The first-order chi connectivity index (χ1) is 15.2. The number of hydrogen-bond donors (Lipinski definition) is 1. The lowest BCUT2D eigenvalue weighted by Crippen LogP contribution is -2.59. The van der Waals surface area contributed by atoms with E-state index in [1.807, 2.05) is 0 Å². The van der Waals surface area contributed by atoms with Crippen molar-refractivity contribution in [2.45, 2.75) is 78.6 Å². The molecule has 10 heteroatoms. The molecule has 0 unspecified atom stereocenters. The molecule has 1 aliphatic heterocycles. The molecule has 1 N–H and O–H groups in total. The summed E-state index contributed by atoms with van der Waals surface area (Å²) in [5.74, 6) is -0.999. The van der Waals surface area contributed by atoms with E-state index < -0.39 is 29.3 Å². The number of ether oxygens (including phenoxy) is 3. The molecular formula is C23H33N3O7. The fraction of sp³-hybridized carbons (Fsp3) is 0.609. The van der Waals surface area contributed by atoms with Gasteiger partial charge in [-0.15, -0.1) is 0 Å². The molecule has 1 aromatic rings. The molecule has 1 saturated heterocycles. The molecule has 182 valence electrons. The quantitative estimate of drug-likeness (QED) is 0.387. The fourth-order valence-corrected chi connectivity index (χ4v) is 3.15. The van der Waals surface area contributed by atoms with Gasteiger partial charge in [-0.1, -0.05) is 0 Å². The number of nitrogens with zero attached hydrogens (tertiary/aromatic N) is 2. The predicted octanol–water partition coefficient (Wildman–Crippen LogP) is 3.37. The molecule has 2 atom stereocenters. The molecule has 1 aliphatic rings. The van der Waals surface area contributed by atoms with Crippen molar-refractivity contribution in [2.75, 3.05) is 11.5 Å². The number of amides is 3. The highest BCUT2D eigenvalue weighted by Crippen LogP contribution is 2.26. The van der Waals surface area contributed by atoms with Gasteiger partial charge in [-0.3, -0.25) is 9.59 Å². The Labute approximate surface area is 194 Å². The first kappa shape index (κ1) is 26.1. The summed E-state index contributed by atoms with van der Waals surface area (Å²) in [4.78, 5) is 54.4. The first-order valence-electron chi connectivity index (χ1n) is 10.9. The standard InChI is InChI=1S/C23H33N3O7/c1-8-31-18(27)13-16-15(19(28)25-16)11-14-9-10-24-17(12-14)26(20(29)32-22(2,3)4)21(30)33-23(5,6)7/h9-10,12,15-16H,8,11,13H2,1-7H3,(H,25,28)/t15-,16-/m1/s1. The third-order valence-corrected chi connectivity index (χ3v) is 4.49. The number of pyridine rings is 1. The van der Waals surface area contributed by atoms with Crippen molar-refractivity contribution in [1.82, 2.24) is 10.3 Å². The maximum absolute atomic E-state index is 12.8. The highest BCUT2D eigenvalue weighted by atomic mass is 16.6. The Hall–Kier alpha value is -3.17. The summed E-state index contributed by atoms with van der Waals surface area (Å²) in [6, 6.07) is 2.86. The van der Waals surface area contributed by atoms with Crippen molar-refractivity contribution in [3.63, 3.8) is 0 Å². The van der Waals surface area contributed by atoms with Crippen LogP contribution in [-0.4, -0.2) is 52.9 Å². The van der Waals surface area contributed by atoms with Gasteiger partial charge in [0.2, 0.25) is 5.91 Å². The minimum atomic E-state index is -0.928. The van der Waals surface area contributed by atoms with Crippen molar-refractivity contribution in [2.24, 2.45) is 5.92 Å². The van der Waals surface area contributed by atoms with Crippen LogP contribution in [0.15, 0.2) is 18.3 Å². The molecule has 0 spiro atoms. The number of imide groups is 1. The van der Waals surface area contributed by atoms with E-state index in [-0.39, 0.29) is 36.8 Å². The molecule has 33 heavy (non-hydrogen) atoms. The Bertz CT molecular complexity index is 874. The molecular weight excluding hydrogens is 430 g/mol. The highest BCUT2D eigenvalue weighted by molar-refractivity contribution is 6.08. The second-order valence-corrected chi connectivity index (χ2v) is 9.75. The molecule has 2 heterocycles. The van der Waals surface area contributed by atoms with E-state index in [4.69, 9.17) is 14.2 Å². The first-order valence-corrected chi connectivity index (χ1v) is 10.9. The smallest absolute Gasteiger partial charge is 0.425 e. The molecule has 3 amide bonds. The average Bonchev–Trinajstić information content (AvgIpc) is 2.63. The second kappa shape index (κ2) is 10.2. The lowest BCUT2D eigenvalue weighted by molar-refractivity contribution is -0.147. The van der Waals surface area contributed by atoms with Crippen LogP contribution >= 0.6 is 0 Å². The van der Waals surface area contributed by atoms with Crippen LogP contribution in [0.25, 0.3) is 0 Å². The van der Waals surface area contributed by atoms with E-state index >= 15 is 0 Å². The molecule has 0 aromatic carbocycles. The predicted molar refractivity (Wildman–Crippen MR) is 120 cm³/mol. The van der Waals surface area contributed by atoms with Gasteiger partial charge in [-0.2, -0.15) is 4.90 Å². The highest BCUT2D eigenvalue weighted by Gasteiger charge is 2.41. The minimum Gasteiger partial charge on any atom is -0.466 e. The van der Waals surface area contributed by atoms with Gasteiger partial charge in [-0.05, 0) is 72.6 Å². The van der Waals surface area contributed by atoms with Gasteiger partial charge in [-0.25, -0.2) is 14.6 Å². The summed E-state index contributed by atoms with van der Waals surface area (Å²) < 4.78 is 15.7. The summed E-state index contributed by atoms with van der Waals surface area (Å²) in [6.45, 7) is 12.1. The van der Waals surface area contributed by atoms with E-state index in [2.05, 4.69) is 10.3 Å². The van der Waals surface area contributed by atoms with Gasteiger partial charge < -0.3 is 19.5 Å². The van der Waals surface area contributed by atoms with Crippen molar-refractivity contribution < 1.29 is 33.4 Å². The van der Waals surface area contributed by atoms with Crippen LogP contribution in [0.2, 0.25) is 0 Å². The SMILES string of the molecule is CCOC(=O)C[C@H]1NC(=O)[C@@H]1Cc1ccnc(N(C(=O)OC(C)(C)C)C(=O)OC(C)(C)C)c1. The molecule has 0 bridgehead atoms. The molecule has 1 fully saturated rings. The number of anilines is 1. The monoisotopic (exact) mass is 463 g/mol. The van der Waals surface area contributed by atoms with Crippen molar-refractivity contribution in [3.8, 4) is 0 Å². The number of β-lactam (4-membered cyclic amide) rings is 1. The van der Waals surface area contributed by atoms with Gasteiger partial charge >= 0.3 is 18.2 Å². The molecule has 0 saturated carbocycles. The van der Waals surface area contributed by atoms with E-state index in [1.54, 1.807) is 54.5 Å². The summed E-state index contributed by atoms with van der Waals surface area (Å²) in [5, 5.41) is 2.71. The van der Waals surface area contributed by atoms with Gasteiger partial charge in [0.15, 0.2) is 0 Å². The third-order valence-electron chi connectivity index (χ3n) is 4.49. The van der Waals surface area contributed by atoms with E-state index in [0.29, 0.717) is 12.0 Å². The molecule has 0 aliphatic carbocycles. The Kier molecular flexibility index (Phi) is 8.05. The van der Waals surface area contributed by atoms with Crippen LogP contribution in [-0.2, 0) is 30.2 Å². The maximum Gasteiger partial charge on any atom is 0.425 e. The summed E-state index contributed by atoms with van der Waals surface area (Å²) >= 11 is 0. The van der Waals surface area contributed by atoms with Gasteiger partial charge in [0, 0.05) is 6.20 Å². The number of esters is 1. The Balaban J connectivity index is 2.26. The van der Waals surface area contributed by atoms with Crippen LogP contribution < -0.4 is 10.2 Å². The number of nitrogens with one attached hydrogen (secondary N) is 1. The van der Waals surface area contributed by atoms with Gasteiger partial charge in [0.05, 0.1) is 25.0 Å². The summed E-state index contributed by atoms with van der Waals surface area (Å²) in [5.41, 5.74) is -1.04. The number of rotatable bonds is 6. The summed E-state index contributed by atoms with van der Waals surface area (Å²) in [6.07, 6.45) is -0.0547. The molecule has 10 nitrogen and oxygen atoms in total. The Morgan fingerprint density at radius 1 is 1.06 bits per heavy atom. The second-order valence-electron chi connectivity index (χ2n) is 9.75. The van der Waals surface area contributed by atoms with Gasteiger partial charge in [0.25, 0.3) is 0 Å². The van der Waals surface area contributed by atoms with Crippen LogP contribution in [0.5, 0.6) is 0 Å².